The number of carboxylic acids is 1. The van der Waals surface area contributed by atoms with Crippen LogP contribution in [0.5, 0.6) is 0 Å². The van der Waals surface area contributed by atoms with Crippen molar-refractivity contribution in [2.45, 2.75) is 0 Å². The molecule has 0 saturated carbocycles. The fraction of sp³-hybridized carbons (Fsp3) is 0.167. The molecule has 0 radical (unpaired) electrons. The van der Waals surface area contributed by atoms with Crippen molar-refractivity contribution in [3.05, 3.63) is 88.1 Å². The maximum atomic E-state index is 14.1. The molecule has 1 amide bonds. The van der Waals surface area contributed by atoms with Gasteiger partial charge in [-0.1, -0.05) is 28.1 Å². The number of carbonyl (C=O) groups excluding carboxylic acids is 1. The van der Waals surface area contributed by atoms with E-state index in [2.05, 4.69) is 26.1 Å². The zero-order chi connectivity index (χ0) is 22.7. The summed E-state index contributed by atoms with van der Waals surface area (Å²) < 4.78 is 14.9. The standard InChI is InChI=1S/C24H21BrFN3O3/c25-17-7-5-16(6-8-17)23(30)27-21-10-9-18(15-19(21)24(31)32)28-11-13-29(14-12-28)22-4-2-1-3-20(22)26/h1-10,15H,11-14H2,(H,27,30)(H,31,32). The van der Waals surface area contributed by atoms with Crippen LogP contribution in [0.4, 0.5) is 21.5 Å². The third-order valence-electron chi connectivity index (χ3n) is 5.43. The lowest BCUT2D eigenvalue weighted by Gasteiger charge is -2.37. The Morgan fingerprint density at radius 3 is 2.22 bits per heavy atom. The van der Waals surface area contributed by atoms with Crippen LogP contribution >= 0.6 is 15.9 Å². The molecule has 1 saturated heterocycles. The van der Waals surface area contributed by atoms with E-state index in [1.54, 1.807) is 54.6 Å². The monoisotopic (exact) mass is 497 g/mol. The predicted molar refractivity (Wildman–Crippen MR) is 126 cm³/mol. The van der Waals surface area contributed by atoms with Crippen LogP contribution in [0.25, 0.3) is 0 Å². The average molecular weight is 498 g/mol. The van der Waals surface area contributed by atoms with Crippen LogP contribution < -0.4 is 15.1 Å². The SMILES string of the molecule is O=C(Nc1ccc(N2CCN(c3ccccc3F)CC2)cc1C(=O)O)c1ccc(Br)cc1. The van der Waals surface area contributed by atoms with Crippen molar-refractivity contribution < 1.29 is 19.1 Å². The van der Waals surface area contributed by atoms with E-state index >= 15 is 0 Å². The second-order valence-electron chi connectivity index (χ2n) is 7.42. The molecule has 0 bridgehead atoms. The summed E-state index contributed by atoms with van der Waals surface area (Å²) in [5.74, 6) is -1.76. The number of amides is 1. The lowest BCUT2D eigenvalue weighted by Crippen LogP contribution is -2.46. The molecule has 0 atom stereocenters. The van der Waals surface area contributed by atoms with Crippen molar-refractivity contribution in [3.63, 3.8) is 0 Å². The number of nitrogens with one attached hydrogen (secondary N) is 1. The molecule has 2 N–H and O–H groups in total. The van der Waals surface area contributed by atoms with Gasteiger partial charge in [-0.2, -0.15) is 0 Å². The first-order chi connectivity index (χ1) is 15.4. The summed E-state index contributed by atoms with van der Waals surface area (Å²) in [4.78, 5) is 28.4. The molecule has 0 spiro atoms. The van der Waals surface area contributed by atoms with Gasteiger partial charge in [0.15, 0.2) is 0 Å². The molecular formula is C24H21BrFN3O3. The Bertz CT molecular complexity index is 1150. The van der Waals surface area contributed by atoms with Crippen molar-refractivity contribution in [3.8, 4) is 0 Å². The van der Waals surface area contributed by atoms with Crippen molar-refractivity contribution in [2.24, 2.45) is 0 Å². The summed E-state index contributed by atoms with van der Waals surface area (Å²) in [5, 5.41) is 12.4. The quantitative estimate of drug-likeness (QED) is 0.526. The number of hydrogen-bond acceptors (Lipinski definition) is 4. The zero-order valence-corrected chi connectivity index (χ0v) is 18.7. The van der Waals surface area contributed by atoms with Crippen LogP contribution in [0.2, 0.25) is 0 Å². The third-order valence-corrected chi connectivity index (χ3v) is 5.95. The number of halogens is 2. The molecule has 0 unspecified atom stereocenters. The molecule has 8 heteroatoms. The number of para-hydroxylation sites is 1. The smallest absolute Gasteiger partial charge is 0.337 e. The second kappa shape index (κ2) is 9.40. The number of piperazine rings is 1. The highest BCUT2D eigenvalue weighted by atomic mass is 79.9. The van der Waals surface area contributed by atoms with E-state index in [1.165, 1.54) is 6.07 Å². The fourth-order valence-electron chi connectivity index (χ4n) is 3.72. The lowest BCUT2D eigenvalue weighted by molar-refractivity contribution is 0.0698. The maximum absolute atomic E-state index is 14.1. The first-order valence-corrected chi connectivity index (χ1v) is 10.9. The van der Waals surface area contributed by atoms with E-state index in [4.69, 9.17) is 0 Å². The van der Waals surface area contributed by atoms with Crippen molar-refractivity contribution in [2.75, 3.05) is 41.3 Å². The summed E-state index contributed by atoms with van der Waals surface area (Å²) in [6.45, 7) is 2.48. The molecule has 1 heterocycles. The summed E-state index contributed by atoms with van der Waals surface area (Å²) in [6, 6.07) is 18.5. The number of hydrogen-bond donors (Lipinski definition) is 2. The Labute approximate surface area is 193 Å². The number of aromatic carboxylic acids is 1. The lowest BCUT2D eigenvalue weighted by atomic mass is 10.1. The molecule has 6 nitrogen and oxygen atoms in total. The molecule has 3 aromatic carbocycles. The molecule has 1 aliphatic rings. The van der Waals surface area contributed by atoms with Crippen LogP contribution in [-0.4, -0.2) is 43.2 Å². The van der Waals surface area contributed by atoms with E-state index in [1.807, 2.05) is 11.0 Å². The van der Waals surface area contributed by atoms with E-state index in [0.29, 0.717) is 37.4 Å². The van der Waals surface area contributed by atoms with Gasteiger partial charge in [0.25, 0.3) is 5.91 Å². The summed E-state index contributed by atoms with van der Waals surface area (Å²) in [5.41, 5.74) is 2.00. The first kappa shape index (κ1) is 21.8. The highest BCUT2D eigenvalue weighted by Crippen LogP contribution is 2.27. The van der Waals surface area contributed by atoms with E-state index in [-0.39, 0.29) is 23.0 Å². The van der Waals surface area contributed by atoms with Gasteiger partial charge < -0.3 is 20.2 Å². The van der Waals surface area contributed by atoms with Crippen molar-refractivity contribution in [1.29, 1.82) is 0 Å². The number of anilines is 3. The maximum Gasteiger partial charge on any atom is 0.337 e. The molecule has 4 rings (SSSR count). The Morgan fingerprint density at radius 1 is 0.906 bits per heavy atom. The summed E-state index contributed by atoms with van der Waals surface area (Å²) in [7, 11) is 0. The van der Waals surface area contributed by atoms with Gasteiger partial charge in [0.05, 0.1) is 16.9 Å². The van der Waals surface area contributed by atoms with Crippen LogP contribution in [0.1, 0.15) is 20.7 Å². The minimum atomic E-state index is -1.12. The minimum absolute atomic E-state index is 0.0181. The van der Waals surface area contributed by atoms with Gasteiger partial charge in [-0.15, -0.1) is 0 Å². The Kier molecular flexibility index (Phi) is 6.41. The van der Waals surface area contributed by atoms with Crippen LogP contribution in [-0.2, 0) is 0 Å². The molecule has 32 heavy (non-hydrogen) atoms. The van der Waals surface area contributed by atoms with E-state index in [9.17, 15) is 19.1 Å². The fourth-order valence-corrected chi connectivity index (χ4v) is 3.99. The molecule has 3 aromatic rings. The normalized spacial score (nSPS) is 13.7. The van der Waals surface area contributed by atoms with Gasteiger partial charge in [0, 0.05) is 41.9 Å². The Hall–Kier alpha value is -3.39. The summed E-state index contributed by atoms with van der Waals surface area (Å²) >= 11 is 3.32. The number of benzene rings is 3. The Balaban J connectivity index is 1.48. The van der Waals surface area contributed by atoms with Crippen molar-refractivity contribution >= 4 is 44.9 Å². The molecule has 1 aliphatic heterocycles. The number of carboxylic acid groups (broad SMARTS) is 1. The molecule has 164 valence electrons. The van der Waals surface area contributed by atoms with Gasteiger partial charge >= 0.3 is 5.97 Å². The van der Waals surface area contributed by atoms with Gasteiger partial charge in [0.1, 0.15) is 5.82 Å². The first-order valence-electron chi connectivity index (χ1n) is 10.1. The molecule has 0 aliphatic carbocycles. The van der Waals surface area contributed by atoms with Crippen molar-refractivity contribution in [1.82, 2.24) is 0 Å². The number of rotatable bonds is 5. The average Bonchev–Trinajstić information content (AvgIpc) is 2.80. The third kappa shape index (κ3) is 4.75. The number of nitrogens with zero attached hydrogens (tertiary/aromatic N) is 2. The largest absolute Gasteiger partial charge is 0.478 e. The highest BCUT2D eigenvalue weighted by molar-refractivity contribution is 9.10. The van der Waals surface area contributed by atoms with Gasteiger partial charge in [-0.25, -0.2) is 9.18 Å². The molecule has 0 aromatic heterocycles. The predicted octanol–water partition coefficient (Wildman–Crippen LogP) is 4.87. The van der Waals surface area contributed by atoms with Gasteiger partial charge in [-0.3, -0.25) is 4.79 Å². The van der Waals surface area contributed by atoms with E-state index < -0.39 is 5.97 Å². The minimum Gasteiger partial charge on any atom is -0.478 e. The topological polar surface area (TPSA) is 72.9 Å². The Morgan fingerprint density at radius 2 is 1.56 bits per heavy atom. The zero-order valence-electron chi connectivity index (χ0n) is 17.1. The highest BCUT2D eigenvalue weighted by Gasteiger charge is 2.22. The molecule has 1 fully saturated rings. The van der Waals surface area contributed by atoms with Crippen LogP contribution in [0.15, 0.2) is 71.2 Å². The van der Waals surface area contributed by atoms with Crippen LogP contribution in [0.3, 0.4) is 0 Å². The van der Waals surface area contributed by atoms with Gasteiger partial charge in [0.2, 0.25) is 0 Å². The second-order valence-corrected chi connectivity index (χ2v) is 8.34. The van der Waals surface area contributed by atoms with Crippen LogP contribution in [0, 0.1) is 5.82 Å². The van der Waals surface area contributed by atoms with Gasteiger partial charge in [-0.05, 0) is 54.6 Å². The number of carbonyl (C=O) groups is 2. The molecular weight excluding hydrogens is 477 g/mol. The van der Waals surface area contributed by atoms with E-state index in [0.717, 1.165) is 10.2 Å². The summed E-state index contributed by atoms with van der Waals surface area (Å²) in [6.07, 6.45) is 0.